The molecule has 0 aliphatic heterocycles. The fourth-order valence-electron chi connectivity index (χ4n) is 2.66. The average molecular weight is 281 g/mol. The topological polar surface area (TPSA) is 39.1 Å². The van der Waals surface area contributed by atoms with Crippen LogP contribution in [0.25, 0.3) is 0 Å². The molecule has 1 aromatic heterocycles. The summed E-state index contributed by atoms with van der Waals surface area (Å²) in [7, 11) is 1.74. The van der Waals surface area contributed by atoms with Gasteiger partial charge in [-0.05, 0) is 31.1 Å². The molecule has 116 valence electrons. The van der Waals surface area contributed by atoms with Crippen molar-refractivity contribution < 1.29 is 4.74 Å². The molecule has 0 aliphatic rings. The lowest BCUT2D eigenvalue weighted by Gasteiger charge is -2.26. The summed E-state index contributed by atoms with van der Waals surface area (Å²) in [4.78, 5) is 4.59. The van der Waals surface area contributed by atoms with Crippen LogP contribution in [0.4, 0.5) is 5.95 Å². The highest BCUT2D eigenvalue weighted by Gasteiger charge is 2.19. The zero-order valence-corrected chi connectivity index (χ0v) is 13.9. The number of hydrogen-bond acceptors (Lipinski definition) is 3. The molecule has 0 aliphatic carbocycles. The molecule has 4 heteroatoms. The van der Waals surface area contributed by atoms with Gasteiger partial charge in [-0.1, -0.05) is 27.7 Å². The molecule has 0 aromatic carbocycles. The highest BCUT2D eigenvalue weighted by Crippen LogP contribution is 2.24. The molecule has 0 atom stereocenters. The van der Waals surface area contributed by atoms with E-state index in [1.54, 1.807) is 7.11 Å². The lowest BCUT2D eigenvalue weighted by Crippen LogP contribution is -2.22. The maximum atomic E-state index is 5.08. The van der Waals surface area contributed by atoms with Crippen molar-refractivity contribution in [2.75, 3.05) is 25.6 Å². The van der Waals surface area contributed by atoms with Crippen LogP contribution in [-0.4, -0.2) is 29.8 Å². The van der Waals surface area contributed by atoms with Crippen molar-refractivity contribution in [1.82, 2.24) is 9.55 Å². The van der Waals surface area contributed by atoms with Gasteiger partial charge in [0.1, 0.15) is 0 Å². The number of aryl methyl sites for hydroxylation is 1. The summed E-state index contributed by atoms with van der Waals surface area (Å²) in [5.41, 5.74) is 1.07. The third-order valence-corrected chi connectivity index (χ3v) is 3.83. The van der Waals surface area contributed by atoms with Gasteiger partial charge in [-0.15, -0.1) is 0 Å². The second-order valence-electron chi connectivity index (χ2n) is 6.28. The van der Waals surface area contributed by atoms with Crippen molar-refractivity contribution in [3.8, 4) is 0 Å². The molecule has 0 unspecified atom stereocenters. The van der Waals surface area contributed by atoms with Crippen LogP contribution >= 0.6 is 0 Å². The number of methoxy groups -OCH3 is 1. The van der Waals surface area contributed by atoms with Crippen molar-refractivity contribution >= 4 is 5.95 Å². The predicted octanol–water partition coefficient (Wildman–Crippen LogP) is 3.57. The highest BCUT2D eigenvalue weighted by atomic mass is 16.5. The Kier molecular flexibility index (Phi) is 7.06. The third-order valence-electron chi connectivity index (χ3n) is 3.83. The quantitative estimate of drug-likeness (QED) is 0.703. The van der Waals surface area contributed by atoms with E-state index in [1.807, 2.05) is 0 Å². The molecule has 0 saturated carbocycles. The van der Waals surface area contributed by atoms with Crippen molar-refractivity contribution in [3.05, 3.63) is 11.9 Å². The largest absolute Gasteiger partial charge is 0.385 e. The first kappa shape index (κ1) is 17.0. The average Bonchev–Trinajstić information content (AvgIpc) is 2.71. The van der Waals surface area contributed by atoms with Crippen molar-refractivity contribution in [2.24, 2.45) is 17.8 Å². The zero-order valence-electron chi connectivity index (χ0n) is 13.9. The summed E-state index contributed by atoms with van der Waals surface area (Å²) >= 11 is 0. The molecule has 4 nitrogen and oxygen atoms in total. The van der Waals surface area contributed by atoms with E-state index in [4.69, 9.17) is 4.74 Å². The van der Waals surface area contributed by atoms with Crippen LogP contribution in [0.15, 0.2) is 6.20 Å². The third kappa shape index (κ3) is 5.16. The normalized spacial score (nSPS) is 11.8. The Bertz CT molecular complexity index is 377. The van der Waals surface area contributed by atoms with E-state index in [1.165, 1.54) is 0 Å². The number of nitrogens with one attached hydrogen (secondary N) is 1. The fraction of sp³-hybridized carbons (Fsp3) is 0.812. The van der Waals surface area contributed by atoms with Crippen LogP contribution in [0.3, 0.4) is 0 Å². The summed E-state index contributed by atoms with van der Waals surface area (Å²) in [5.74, 6) is 3.02. The number of aromatic nitrogens is 2. The molecule has 0 amide bonds. The minimum Gasteiger partial charge on any atom is -0.385 e. The lowest BCUT2D eigenvalue weighted by molar-refractivity contribution is 0.197. The number of imidazole rings is 1. The predicted molar refractivity (Wildman–Crippen MR) is 85.1 cm³/mol. The Morgan fingerprint density at radius 2 is 1.90 bits per heavy atom. The van der Waals surface area contributed by atoms with Crippen molar-refractivity contribution in [1.29, 1.82) is 0 Å². The molecule has 0 bridgehead atoms. The van der Waals surface area contributed by atoms with Crippen LogP contribution in [0.1, 0.15) is 39.8 Å². The first-order valence-electron chi connectivity index (χ1n) is 7.72. The Labute approximate surface area is 123 Å². The van der Waals surface area contributed by atoms with Crippen molar-refractivity contribution in [2.45, 2.75) is 47.6 Å². The molecular formula is C16H31N3O. The number of rotatable bonds is 9. The van der Waals surface area contributed by atoms with Crippen LogP contribution in [0.2, 0.25) is 0 Å². The SMILES string of the molecule is COCCCNc1nc(C)cn1CC(C(C)C)C(C)C. The molecule has 1 aromatic rings. The van der Waals surface area contributed by atoms with Gasteiger partial charge in [0.15, 0.2) is 0 Å². The monoisotopic (exact) mass is 281 g/mol. The molecule has 20 heavy (non-hydrogen) atoms. The molecule has 1 heterocycles. The Hall–Kier alpha value is -1.03. The molecular weight excluding hydrogens is 250 g/mol. The van der Waals surface area contributed by atoms with E-state index in [2.05, 4.69) is 55.7 Å². The van der Waals surface area contributed by atoms with Gasteiger partial charge >= 0.3 is 0 Å². The van der Waals surface area contributed by atoms with Gasteiger partial charge in [0, 0.05) is 33.0 Å². The Morgan fingerprint density at radius 1 is 1.25 bits per heavy atom. The summed E-state index contributed by atoms with van der Waals surface area (Å²) in [6.07, 6.45) is 3.15. The first-order chi connectivity index (χ1) is 9.45. The lowest BCUT2D eigenvalue weighted by atomic mass is 9.85. The minimum absolute atomic E-state index is 0.670. The number of hydrogen-bond donors (Lipinski definition) is 1. The van der Waals surface area contributed by atoms with Crippen LogP contribution in [0, 0.1) is 24.7 Å². The maximum Gasteiger partial charge on any atom is 0.203 e. The Morgan fingerprint density at radius 3 is 2.45 bits per heavy atom. The maximum absolute atomic E-state index is 5.08. The van der Waals surface area contributed by atoms with Gasteiger partial charge in [-0.3, -0.25) is 0 Å². The van der Waals surface area contributed by atoms with Crippen molar-refractivity contribution in [3.63, 3.8) is 0 Å². The number of ether oxygens (including phenoxy) is 1. The highest BCUT2D eigenvalue weighted by molar-refractivity contribution is 5.28. The van der Waals surface area contributed by atoms with Gasteiger partial charge in [0.25, 0.3) is 0 Å². The molecule has 0 radical (unpaired) electrons. The van der Waals surface area contributed by atoms with Gasteiger partial charge in [-0.2, -0.15) is 0 Å². The fourth-order valence-corrected chi connectivity index (χ4v) is 2.66. The first-order valence-corrected chi connectivity index (χ1v) is 7.72. The molecule has 0 fully saturated rings. The number of anilines is 1. The molecule has 1 rings (SSSR count). The summed E-state index contributed by atoms with van der Waals surface area (Å²) in [6.45, 7) is 14.0. The van der Waals surface area contributed by atoms with E-state index in [0.29, 0.717) is 17.8 Å². The summed E-state index contributed by atoms with van der Waals surface area (Å²) in [6, 6.07) is 0. The van der Waals surface area contributed by atoms with Gasteiger partial charge in [0.05, 0.1) is 5.69 Å². The van der Waals surface area contributed by atoms with E-state index in [0.717, 1.165) is 37.8 Å². The van der Waals surface area contributed by atoms with Crippen LogP contribution in [-0.2, 0) is 11.3 Å². The molecule has 0 spiro atoms. The summed E-state index contributed by atoms with van der Waals surface area (Å²) in [5, 5.41) is 3.42. The minimum atomic E-state index is 0.670. The van der Waals surface area contributed by atoms with E-state index in [-0.39, 0.29) is 0 Å². The summed E-state index contributed by atoms with van der Waals surface area (Å²) < 4.78 is 7.35. The van der Waals surface area contributed by atoms with Gasteiger partial charge in [-0.25, -0.2) is 4.98 Å². The van der Waals surface area contributed by atoms with Crippen LogP contribution in [0.5, 0.6) is 0 Å². The number of nitrogens with zero attached hydrogens (tertiary/aromatic N) is 2. The molecule has 0 saturated heterocycles. The Balaban J connectivity index is 2.68. The van der Waals surface area contributed by atoms with E-state index in [9.17, 15) is 0 Å². The van der Waals surface area contributed by atoms with Gasteiger partial charge < -0.3 is 14.6 Å². The molecule has 1 N–H and O–H groups in total. The smallest absolute Gasteiger partial charge is 0.203 e. The van der Waals surface area contributed by atoms with E-state index >= 15 is 0 Å². The van der Waals surface area contributed by atoms with E-state index < -0.39 is 0 Å². The van der Waals surface area contributed by atoms with Crippen LogP contribution < -0.4 is 5.32 Å². The zero-order chi connectivity index (χ0) is 15.1. The standard InChI is InChI=1S/C16H31N3O/c1-12(2)15(13(3)4)11-19-10-14(5)18-16(19)17-8-7-9-20-6/h10,12-13,15H,7-9,11H2,1-6H3,(H,17,18). The second kappa shape index (κ2) is 8.30. The van der Waals surface area contributed by atoms with Gasteiger partial charge in [0.2, 0.25) is 5.95 Å². The second-order valence-corrected chi connectivity index (χ2v) is 6.28.